The molecule has 7 heteroatoms. The number of hydrogen-bond acceptors (Lipinski definition) is 5. The molecule has 0 spiro atoms. The lowest BCUT2D eigenvalue weighted by Crippen LogP contribution is -2.46. The normalized spacial score (nSPS) is 14.8. The molecular formula is C25H31ClN4O2. The van der Waals surface area contributed by atoms with E-state index in [1.165, 1.54) is 10.9 Å². The average molecular weight is 455 g/mol. The topological polar surface area (TPSA) is 50.6 Å². The van der Waals surface area contributed by atoms with Crippen LogP contribution in [0.2, 0.25) is 5.02 Å². The number of anilines is 1. The molecule has 1 aromatic carbocycles. The van der Waals surface area contributed by atoms with E-state index in [0.717, 1.165) is 68.3 Å². The van der Waals surface area contributed by atoms with E-state index >= 15 is 0 Å². The second-order valence-electron chi connectivity index (χ2n) is 8.22. The highest BCUT2D eigenvalue weighted by Crippen LogP contribution is 2.23. The van der Waals surface area contributed by atoms with Crippen molar-refractivity contribution in [1.82, 2.24) is 14.5 Å². The van der Waals surface area contributed by atoms with E-state index in [2.05, 4.69) is 39.2 Å². The molecule has 0 unspecified atom stereocenters. The summed E-state index contributed by atoms with van der Waals surface area (Å²) in [7, 11) is 0. The summed E-state index contributed by atoms with van der Waals surface area (Å²) < 4.78 is 7.15. The minimum Gasteiger partial charge on any atom is -0.465 e. The van der Waals surface area contributed by atoms with Gasteiger partial charge in [0.15, 0.2) is 0 Å². The Morgan fingerprint density at radius 3 is 2.72 bits per heavy atom. The van der Waals surface area contributed by atoms with Crippen molar-refractivity contribution >= 4 is 34.3 Å². The molecule has 0 radical (unpaired) electrons. The van der Waals surface area contributed by atoms with Gasteiger partial charge in [0.05, 0.1) is 6.61 Å². The molecule has 1 fully saturated rings. The molecule has 170 valence electrons. The van der Waals surface area contributed by atoms with Crippen LogP contribution in [-0.2, 0) is 22.5 Å². The fourth-order valence-corrected chi connectivity index (χ4v) is 4.57. The number of halogens is 1. The van der Waals surface area contributed by atoms with Crippen LogP contribution in [-0.4, -0.2) is 59.8 Å². The number of piperazine rings is 1. The van der Waals surface area contributed by atoms with Crippen LogP contribution < -0.4 is 4.90 Å². The second kappa shape index (κ2) is 10.8. The quantitative estimate of drug-likeness (QED) is 0.354. The Labute approximate surface area is 194 Å². The Balaban J connectivity index is 1.26. The van der Waals surface area contributed by atoms with Gasteiger partial charge in [0.1, 0.15) is 12.4 Å². The van der Waals surface area contributed by atoms with Gasteiger partial charge >= 0.3 is 5.97 Å². The number of rotatable bonds is 9. The summed E-state index contributed by atoms with van der Waals surface area (Å²) in [6, 6.07) is 12.1. The number of esters is 1. The van der Waals surface area contributed by atoms with Crippen LogP contribution in [0, 0.1) is 0 Å². The number of aryl methyl sites for hydroxylation is 1. The second-order valence-corrected chi connectivity index (χ2v) is 8.66. The first-order valence-corrected chi connectivity index (χ1v) is 11.8. The Hall–Kier alpha value is -2.57. The molecule has 0 saturated carbocycles. The minimum atomic E-state index is -0.188. The number of benzene rings is 1. The zero-order valence-corrected chi connectivity index (χ0v) is 19.4. The van der Waals surface area contributed by atoms with E-state index in [0.29, 0.717) is 6.61 Å². The maximum Gasteiger partial charge on any atom is 0.325 e. The molecule has 6 nitrogen and oxygen atoms in total. The van der Waals surface area contributed by atoms with Crippen LogP contribution >= 0.6 is 11.6 Å². The summed E-state index contributed by atoms with van der Waals surface area (Å²) in [5.41, 5.74) is 2.41. The van der Waals surface area contributed by atoms with Gasteiger partial charge in [0, 0.05) is 54.5 Å². The first-order chi connectivity index (χ1) is 15.6. The van der Waals surface area contributed by atoms with Gasteiger partial charge in [-0.1, -0.05) is 29.8 Å². The van der Waals surface area contributed by atoms with Crippen molar-refractivity contribution in [2.45, 2.75) is 32.7 Å². The molecule has 0 atom stereocenters. The number of carbonyl (C=O) groups is 1. The van der Waals surface area contributed by atoms with Gasteiger partial charge in [0.2, 0.25) is 0 Å². The summed E-state index contributed by atoms with van der Waals surface area (Å²) in [5.74, 6) is 0.781. The molecule has 0 amide bonds. The molecule has 0 bridgehead atoms. The van der Waals surface area contributed by atoms with Crippen LogP contribution in [0.1, 0.15) is 25.3 Å². The summed E-state index contributed by atoms with van der Waals surface area (Å²) in [6.07, 6.45) is 7.20. The molecule has 2 aromatic heterocycles. The Morgan fingerprint density at radius 1 is 1.12 bits per heavy atom. The number of fused-ring (bicyclic) bond motifs is 1. The molecule has 3 heterocycles. The summed E-state index contributed by atoms with van der Waals surface area (Å²) in [6.45, 7) is 7.68. The molecule has 1 saturated heterocycles. The van der Waals surface area contributed by atoms with Gasteiger partial charge in [0.25, 0.3) is 0 Å². The van der Waals surface area contributed by atoms with Gasteiger partial charge < -0.3 is 14.2 Å². The number of nitrogens with zero attached hydrogens (tertiary/aromatic N) is 4. The third-order valence-electron chi connectivity index (χ3n) is 6.05. The fourth-order valence-electron chi connectivity index (χ4n) is 4.42. The predicted molar refractivity (Wildman–Crippen MR) is 129 cm³/mol. The van der Waals surface area contributed by atoms with E-state index in [-0.39, 0.29) is 12.5 Å². The van der Waals surface area contributed by atoms with E-state index in [1.54, 1.807) is 6.20 Å². The SMILES string of the molecule is CCOC(=O)Cn1cc(CCCCN2CCN(c3cc(Cl)ccn3)CC2)c2ccccc21. The molecule has 3 aromatic rings. The van der Waals surface area contributed by atoms with E-state index in [1.807, 2.05) is 29.7 Å². The fraction of sp³-hybridized carbons (Fsp3) is 0.440. The Bertz CT molecular complexity index is 1040. The average Bonchev–Trinajstić information content (AvgIpc) is 3.15. The van der Waals surface area contributed by atoms with Crippen LogP contribution in [0.3, 0.4) is 0 Å². The highest BCUT2D eigenvalue weighted by atomic mass is 35.5. The number of aromatic nitrogens is 2. The molecule has 0 aliphatic carbocycles. The third kappa shape index (κ3) is 5.61. The van der Waals surface area contributed by atoms with Crippen molar-refractivity contribution in [2.75, 3.05) is 44.2 Å². The van der Waals surface area contributed by atoms with Gasteiger partial charge in [-0.3, -0.25) is 9.69 Å². The number of unbranched alkanes of at least 4 members (excludes halogenated alkanes) is 1. The maximum absolute atomic E-state index is 12.0. The highest BCUT2D eigenvalue weighted by Gasteiger charge is 2.18. The summed E-state index contributed by atoms with van der Waals surface area (Å²) in [5, 5.41) is 1.97. The highest BCUT2D eigenvalue weighted by molar-refractivity contribution is 6.30. The number of carbonyl (C=O) groups excluding carboxylic acids is 1. The monoisotopic (exact) mass is 454 g/mol. The van der Waals surface area contributed by atoms with Crippen molar-refractivity contribution in [3.8, 4) is 0 Å². The van der Waals surface area contributed by atoms with E-state index in [4.69, 9.17) is 16.3 Å². The van der Waals surface area contributed by atoms with E-state index < -0.39 is 0 Å². The van der Waals surface area contributed by atoms with Crippen LogP contribution in [0.25, 0.3) is 10.9 Å². The van der Waals surface area contributed by atoms with Crippen molar-refractivity contribution in [3.63, 3.8) is 0 Å². The van der Waals surface area contributed by atoms with Crippen LogP contribution in [0.4, 0.5) is 5.82 Å². The summed E-state index contributed by atoms with van der Waals surface area (Å²) >= 11 is 6.10. The lowest BCUT2D eigenvalue weighted by Gasteiger charge is -2.35. The number of pyridine rings is 1. The van der Waals surface area contributed by atoms with Crippen molar-refractivity contribution in [2.24, 2.45) is 0 Å². The minimum absolute atomic E-state index is 0.188. The molecule has 1 aliphatic rings. The zero-order valence-electron chi connectivity index (χ0n) is 18.7. The standard InChI is InChI=1S/C25H31ClN4O2/c1-2-32-25(31)19-30-18-20(22-8-3-4-9-23(22)30)7-5-6-12-28-13-15-29(16-14-28)24-17-21(26)10-11-27-24/h3-4,8-11,17-18H,2,5-7,12-16,19H2,1H3. The lowest BCUT2D eigenvalue weighted by atomic mass is 10.1. The van der Waals surface area contributed by atoms with Crippen molar-refractivity contribution in [3.05, 3.63) is 59.4 Å². The predicted octanol–water partition coefficient (Wildman–Crippen LogP) is 4.40. The van der Waals surface area contributed by atoms with Gasteiger partial charge in [-0.2, -0.15) is 0 Å². The van der Waals surface area contributed by atoms with Gasteiger partial charge in [-0.05, 0) is 56.5 Å². The molecule has 0 N–H and O–H groups in total. The van der Waals surface area contributed by atoms with Gasteiger partial charge in [-0.25, -0.2) is 4.98 Å². The first-order valence-electron chi connectivity index (χ1n) is 11.5. The summed E-state index contributed by atoms with van der Waals surface area (Å²) in [4.78, 5) is 21.3. The Morgan fingerprint density at radius 2 is 1.94 bits per heavy atom. The molecular weight excluding hydrogens is 424 g/mol. The number of para-hydroxylation sites is 1. The number of hydrogen-bond donors (Lipinski definition) is 0. The van der Waals surface area contributed by atoms with Crippen molar-refractivity contribution in [1.29, 1.82) is 0 Å². The molecule has 4 rings (SSSR count). The molecule has 32 heavy (non-hydrogen) atoms. The van der Waals surface area contributed by atoms with E-state index in [9.17, 15) is 4.79 Å². The number of ether oxygens (including phenoxy) is 1. The zero-order chi connectivity index (χ0) is 22.3. The van der Waals surface area contributed by atoms with Crippen molar-refractivity contribution < 1.29 is 9.53 Å². The molecule has 1 aliphatic heterocycles. The third-order valence-corrected chi connectivity index (χ3v) is 6.29. The Kier molecular flexibility index (Phi) is 7.66. The van der Waals surface area contributed by atoms with Crippen LogP contribution in [0.15, 0.2) is 48.8 Å². The first kappa shape index (κ1) is 22.6. The van der Waals surface area contributed by atoms with Crippen LogP contribution in [0.5, 0.6) is 0 Å². The lowest BCUT2D eigenvalue weighted by molar-refractivity contribution is -0.143. The smallest absolute Gasteiger partial charge is 0.325 e. The largest absolute Gasteiger partial charge is 0.465 e. The van der Waals surface area contributed by atoms with Gasteiger partial charge in [-0.15, -0.1) is 0 Å². The maximum atomic E-state index is 12.0.